The molecule has 1 amide bonds. The first-order valence-electron chi connectivity index (χ1n) is 8.78. The van der Waals surface area contributed by atoms with E-state index in [0.717, 1.165) is 20.8 Å². The van der Waals surface area contributed by atoms with Gasteiger partial charge in [-0.25, -0.2) is 4.98 Å². The predicted molar refractivity (Wildman–Crippen MR) is 118 cm³/mol. The van der Waals surface area contributed by atoms with Crippen LogP contribution < -0.4 is 14.8 Å². The zero-order chi connectivity index (χ0) is 20.4. The number of ether oxygens (including phenoxy) is 2. The minimum Gasteiger partial charge on any atom is -0.497 e. The Bertz CT molecular complexity index is 1170. The highest BCUT2D eigenvalue weighted by atomic mass is 35.5. The number of nitrogens with one attached hydrogen (secondary N) is 1. The minimum absolute atomic E-state index is 0.326. The standard InChI is InChI=1S/C22H17ClN2O3S/c1-27-14-8-9-15(19(12-14)28-2)21(26)24-18-11-13(7-10-16(18)23)22-25-17-5-3-4-6-20(17)29-22/h3-12H,1-2H3,(H,24,26). The van der Waals surface area contributed by atoms with Crippen molar-refractivity contribution in [1.29, 1.82) is 0 Å². The van der Waals surface area contributed by atoms with Gasteiger partial charge in [0.05, 0.1) is 40.7 Å². The Labute approximate surface area is 176 Å². The third-order valence-corrected chi connectivity index (χ3v) is 5.82. The minimum atomic E-state index is -0.326. The summed E-state index contributed by atoms with van der Waals surface area (Å²) in [6.07, 6.45) is 0. The van der Waals surface area contributed by atoms with Gasteiger partial charge in [0.15, 0.2) is 0 Å². The highest BCUT2D eigenvalue weighted by molar-refractivity contribution is 7.21. The fourth-order valence-corrected chi connectivity index (χ4v) is 4.05. The third-order valence-electron chi connectivity index (χ3n) is 4.41. The van der Waals surface area contributed by atoms with Gasteiger partial charge in [0.25, 0.3) is 5.91 Å². The van der Waals surface area contributed by atoms with Crippen molar-refractivity contribution in [3.8, 4) is 22.1 Å². The average molecular weight is 425 g/mol. The number of halogens is 1. The van der Waals surface area contributed by atoms with Crippen LogP contribution in [0.25, 0.3) is 20.8 Å². The molecule has 0 saturated heterocycles. The zero-order valence-corrected chi connectivity index (χ0v) is 17.3. The van der Waals surface area contributed by atoms with Gasteiger partial charge in [0.2, 0.25) is 0 Å². The van der Waals surface area contributed by atoms with Crippen molar-refractivity contribution >= 4 is 44.7 Å². The van der Waals surface area contributed by atoms with E-state index in [1.807, 2.05) is 36.4 Å². The second-order valence-corrected chi connectivity index (χ2v) is 7.64. The summed E-state index contributed by atoms with van der Waals surface area (Å²) in [6.45, 7) is 0. The van der Waals surface area contributed by atoms with Crippen LogP contribution >= 0.6 is 22.9 Å². The molecule has 29 heavy (non-hydrogen) atoms. The number of amides is 1. The number of methoxy groups -OCH3 is 2. The van der Waals surface area contributed by atoms with Gasteiger partial charge >= 0.3 is 0 Å². The number of nitrogens with zero attached hydrogens (tertiary/aromatic N) is 1. The Balaban J connectivity index is 1.65. The Morgan fingerprint density at radius 1 is 1.03 bits per heavy atom. The molecule has 1 heterocycles. The SMILES string of the molecule is COc1ccc(C(=O)Nc2cc(-c3nc4ccccc4s3)ccc2Cl)c(OC)c1. The Hall–Kier alpha value is -3.09. The van der Waals surface area contributed by atoms with Crippen LogP contribution in [0.2, 0.25) is 5.02 Å². The molecule has 0 aliphatic carbocycles. The summed E-state index contributed by atoms with van der Waals surface area (Å²) >= 11 is 7.92. The van der Waals surface area contributed by atoms with Gasteiger partial charge in [-0.2, -0.15) is 0 Å². The van der Waals surface area contributed by atoms with E-state index in [9.17, 15) is 4.79 Å². The van der Waals surface area contributed by atoms with Crippen LogP contribution in [0.1, 0.15) is 10.4 Å². The van der Waals surface area contributed by atoms with Crippen LogP contribution in [0, 0.1) is 0 Å². The largest absolute Gasteiger partial charge is 0.497 e. The number of thiazole rings is 1. The fourth-order valence-electron chi connectivity index (χ4n) is 2.93. The molecule has 5 nitrogen and oxygen atoms in total. The maximum Gasteiger partial charge on any atom is 0.259 e. The molecule has 0 fully saturated rings. The highest BCUT2D eigenvalue weighted by Crippen LogP contribution is 2.34. The molecule has 0 bridgehead atoms. The Morgan fingerprint density at radius 2 is 1.86 bits per heavy atom. The van der Waals surface area contributed by atoms with E-state index in [4.69, 9.17) is 21.1 Å². The smallest absolute Gasteiger partial charge is 0.259 e. The van der Waals surface area contributed by atoms with E-state index < -0.39 is 0 Å². The van der Waals surface area contributed by atoms with Crippen LogP contribution in [0.15, 0.2) is 60.7 Å². The van der Waals surface area contributed by atoms with Crippen LogP contribution in [-0.2, 0) is 0 Å². The lowest BCUT2D eigenvalue weighted by atomic mass is 10.1. The number of hydrogen-bond acceptors (Lipinski definition) is 5. The van der Waals surface area contributed by atoms with E-state index in [0.29, 0.717) is 27.8 Å². The van der Waals surface area contributed by atoms with E-state index in [1.165, 1.54) is 7.11 Å². The van der Waals surface area contributed by atoms with Gasteiger partial charge < -0.3 is 14.8 Å². The monoisotopic (exact) mass is 424 g/mol. The number of anilines is 1. The maximum absolute atomic E-state index is 12.8. The lowest BCUT2D eigenvalue weighted by molar-refractivity contribution is 0.102. The van der Waals surface area contributed by atoms with E-state index in [2.05, 4.69) is 10.3 Å². The average Bonchev–Trinajstić information content (AvgIpc) is 3.19. The Morgan fingerprint density at radius 3 is 2.62 bits per heavy atom. The molecule has 4 rings (SSSR count). The van der Waals surface area contributed by atoms with E-state index in [-0.39, 0.29) is 5.91 Å². The molecule has 0 aliphatic rings. The molecule has 1 aromatic heterocycles. The Kier molecular flexibility index (Phi) is 5.38. The molecule has 0 unspecified atom stereocenters. The summed E-state index contributed by atoms with van der Waals surface area (Å²) in [5, 5.41) is 4.17. The number of hydrogen-bond donors (Lipinski definition) is 1. The summed E-state index contributed by atoms with van der Waals surface area (Å²) < 4.78 is 11.6. The normalized spacial score (nSPS) is 10.7. The lowest BCUT2D eigenvalue weighted by Gasteiger charge is -2.12. The van der Waals surface area contributed by atoms with Crippen LogP contribution in [0.3, 0.4) is 0 Å². The molecule has 0 saturated carbocycles. The molecule has 0 aliphatic heterocycles. The quantitative estimate of drug-likeness (QED) is 0.434. The number of rotatable bonds is 5. The summed E-state index contributed by atoms with van der Waals surface area (Å²) in [4.78, 5) is 17.5. The van der Waals surface area contributed by atoms with Gasteiger partial charge in [-0.05, 0) is 36.4 Å². The van der Waals surface area contributed by atoms with E-state index >= 15 is 0 Å². The number of fused-ring (bicyclic) bond motifs is 1. The number of carbonyl (C=O) groups excluding carboxylic acids is 1. The molecule has 3 aromatic carbocycles. The molecule has 146 valence electrons. The first-order chi connectivity index (χ1) is 14.1. The summed E-state index contributed by atoms with van der Waals surface area (Å²) in [5.74, 6) is 0.697. The van der Waals surface area contributed by atoms with Gasteiger partial charge in [-0.1, -0.05) is 29.8 Å². The first kappa shape index (κ1) is 19.2. The predicted octanol–water partition coefficient (Wildman–Crippen LogP) is 5.89. The molecular weight excluding hydrogens is 408 g/mol. The van der Waals surface area contributed by atoms with Crippen molar-refractivity contribution < 1.29 is 14.3 Å². The maximum atomic E-state index is 12.8. The number of carbonyl (C=O) groups is 1. The summed E-state index contributed by atoms with van der Waals surface area (Å²) in [5.41, 5.74) is 2.71. The first-order valence-corrected chi connectivity index (χ1v) is 9.97. The summed E-state index contributed by atoms with van der Waals surface area (Å²) in [7, 11) is 3.06. The third kappa shape index (κ3) is 3.90. The topological polar surface area (TPSA) is 60.5 Å². The van der Waals surface area contributed by atoms with Crippen molar-refractivity contribution in [2.45, 2.75) is 0 Å². The summed E-state index contributed by atoms with van der Waals surface area (Å²) in [6, 6.07) is 18.4. The van der Waals surface area contributed by atoms with Gasteiger partial charge in [0.1, 0.15) is 16.5 Å². The second kappa shape index (κ2) is 8.11. The molecule has 1 N–H and O–H groups in total. The van der Waals surface area contributed by atoms with Gasteiger partial charge in [-0.15, -0.1) is 11.3 Å². The fraction of sp³-hybridized carbons (Fsp3) is 0.0909. The van der Waals surface area contributed by atoms with Crippen molar-refractivity contribution in [2.24, 2.45) is 0 Å². The van der Waals surface area contributed by atoms with Gasteiger partial charge in [-0.3, -0.25) is 4.79 Å². The van der Waals surface area contributed by atoms with Crippen molar-refractivity contribution in [1.82, 2.24) is 4.98 Å². The molecular formula is C22H17ClN2O3S. The number of aromatic nitrogens is 1. The van der Waals surface area contributed by atoms with Crippen molar-refractivity contribution in [3.63, 3.8) is 0 Å². The van der Waals surface area contributed by atoms with Crippen LogP contribution in [-0.4, -0.2) is 25.1 Å². The molecule has 4 aromatic rings. The van der Waals surface area contributed by atoms with Crippen molar-refractivity contribution in [2.75, 3.05) is 19.5 Å². The number of benzene rings is 3. The highest BCUT2D eigenvalue weighted by Gasteiger charge is 2.16. The molecule has 7 heteroatoms. The number of para-hydroxylation sites is 1. The van der Waals surface area contributed by atoms with Gasteiger partial charge in [0, 0.05) is 11.6 Å². The molecule has 0 atom stereocenters. The van der Waals surface area contributed by atoms with E-state index in [1.54, 1.807) is 42.7 Å². The molecule has 0 radical (unpaired) electrons. The second-order valence-electron chi connectivity index (χ2n) is 6.20. The van der Waals surface area contributed by atoms with Crippen LogP contribution in [0.4, 0.5) is 5.69 Å². The zero-order valence-electron chi connectivity index (χ0n) is 15.7. The lowest BCUT2D eigenvalue weighted by Crippen LogP contribution is -2.13. The van der Waals surface area contributed by atoms with Crippen LogP contribution in [0.5, 0.6) is 11.5 Å². The molecule has 0 spiro atoms. The van der Waals surface area contributed by atoms with Crippen molar-refractivity contribution in [3.05, 3.63) is 71.2 Å².